The third-order valence-electron chi connectivity index (χ3n) is 3.74. The molecule has 1 aromatic carbocycles. The first-order valence-electron chi connectivity index (χ1n) is 7.25. The molecule has 0 atom stereocenters. The van der Waals surface area contributed by atoms with E-state index in [0.29, 0.717) is 6.42 Å². The summed E-state index contributed by atoms with van der Waals surface area (Å²) >= 11 is 0. The summed E-state index contributed by atoms with van der Waals surface area (Å²) in [6, 6.07) is 7.71. The first-order chi connectivity index (χ1) is 9.61. The number of carbonyl (C=O) groups is 2. The standard InChI is InChI=1S/C16H22N2O2/c1-3-4-16(20)18-11-9-17(10-12-18)15-7-5-14(6-8-15)13(2)19/h5-8H,3-4,9-12H2,1-2H3. The fourth-order valence-electron chi connectivity index (χ4n) is 2.49. The molecule has 1 aliphatic rings. The van der Waals surface area contributed by atoms with E-state index in [0.717, 1.165) is 43.9 Å². The fourth-order valence-corrected chi connectivity index (χ4v) is 2.49. The zero-order chi connectivity index (χ0) is 14.5. The van der Waals surface area contributed by atoms with Crippen LogP contribution in [0.25, 0.3) is 0 Å². The Kier molecular flexibility index (Phi) is 4.77. The summed E-state index contributed by atoms with van der Waals surface area (Å²) in [4.78, 5) is 27.3. The Morgan fingerprint density at radius 2 is 1.65 bits per heavy atom. The molecule has 0 radical (unpaired) electrons. The van der Waals surface area contributed by atoms with E-state index >= 15 is 0 Å². The number of anilines is 1. The number of hydrogen-bond acceptors (Lipinski definition) is 3. The van der Waals surface area contributed by atoms with Gasteiger partial charge in [-0.15, -0.1) is 0 Å². The number of ketones is 1. The Labute approximate surface area is 120 Å². The normalized spacial score (nSPS) is 15.3. The molecule has 0 unspecified atom stereocenters. The van der Waals surface area contributed by atoms with E-state index < -0.39 is 0 Å². The third-order valence-corrected chi connectivity index (χ3v) is 3.74. The van der Waals surface area contributed by atoms with Crippen molar-refractivity contribution >= 4 is 17.4 Å². The number of Topliss-reactive ketones (excluding diaryl/α,β-unsaturated/α-hetero) is 1. The molecular formula is C16H22N2O2. The molecule has 2 rings (SSSR count). The van der Waals surface area contributed by atoms with Gasteiger partial charge in [-0.25, -0.2) is 0 Å². The highest BCUT2D eigenvalue weighted by molar-refractivity contribution is 5.94. The second kappa shape index (κ2) is 6.55. The molecule has 1 aromatic rings. The summed E-state index contributed by atoms with van der Waals surface area (Å²) in [7, 11) is 0. The summed E-state index contributed by atoms with van der Waals surface area (Å²) < 4.78 is 0. The lowest BCUT2D eigenvalue weighted by Gasteiger charge is -2.36. The number of nitrogens with zero attached hydrogens (tertiary/aromatic N) is 2. The van der Waals surface area contributed by atoms with Gasteiger partial charge >= 0.3 is 0 Å². The van der Waals surface area contributed by atoms with Crippen molar-refractivity contribution in [2.24, 2.45) is 0 Å². The second-order valence-corrected chi connectivity index (χ2v) is 5.22. The zero-order valence-corrected chi connectivity index (χ0v) is 12.3. The molecule has 1 amide bonds. The van der Waals surface area contributed by atoms with Gasteiger partial charge in [-0.3, -0.25) is 9.59 Å². The quantitative estimate of drug-likeness (QED) is 0.791. The summed E-state index contributed by atoms with van der Waals surface area (Å²) in [5.74, 6) is 0.352. The van der Waals surface area contributed by atoms with E-state index in [4.69, 9.17) is 0 Å². The van der Waals surface area contributed by atoms with Crippen LogP contribution in [0.1, 0.15) is 37.0 Å². The minimum Gasteiger partial charge on any atom is -0.368 e. The monoisotopic (exact) mass is 274 g/mol. The van der Waals surface area contributed by atoms with Crippen molar-refractivity contribution in [1.82, 2.24) is 4.90 Å². The molecule has 1 fully saturated rings. The van der Waals surface area contributed by atoms with Gasteiger partial charge in [0.1, 0.15) is 0 Å². The van der Waals surface area contributed by atoms with Gasteiger partial charge < -0.3 is 9.80 Å². The van der Waals surface area contributed by atoms with Crippen molar-refractivity contribution in [2.75, 3.05) is 31.1 Å². The molecule has 1 heterocycles. The number of amides is 1. The Bertz CT molecular complexity index is 474. The highest BCUT2D eigenvalue weighted by atomic mass is 16.2. The molecule has 0 spiro atoms. The minimum absolute atomic E-state index is 0.0894. The van der Waals surface area contributed by atoms with Crippen LogP contribution >= 0.6 is 0 Å². The maximum Gasteiger partial charge on any atom is 0.222 e. The molecule has 0 saturated carbocycles. The van der Waals surface area contributed by atoms with E-state index in [9.17, 15) is 9.59 Å². The molecule has 108 valence electrons. The summed E-state index contributed by atoms with van der Waals surface area (Å²) in [5, 5.41) is 0. The van der Waals surface area contributed by atoms with E-state index in [1.165, 1.54) is 0 Å². The molecule has 0 aromatic heterocycles. The summed E-state index contributed by atoms with van der Waals surface area (Å²) in [6.07, 6.45) is 1.55. The lowest BCUT2D eigenvalue weighted by molar-refractivity contribution is -0.131. The van der Waals surface area contributed by atoms with Crippen LogP contribution in [0.4, 0.5) is 5.69 Å². The highest BCUT2D eigenvalue weighted by Gasteiger charge is 2.20. The predicted molar refractivity (Wildman–Crippen MR) is 80.1 cm³/mol. The van der Waals surface area contributed by atoms with Gasteiger partial charge in [0.05, 0.1) is 0 Å². The highest BCUT2D eigenvalue weighted by Crippen LogP contribution is 2.18. The number of piperazine rings is 1. The van der Waals surface area contributed by atoms with Crippen LogP contribution in [0.5, 0.6) is 0 Å². The third kappa shape index (κ3) is 3.38. The predicted octanol–water partition coefficient (Wildman–Crippen LogP) is 2.34. The molecule has 4 nitrogen and oxygen atoms in total. The van der Waals surface area contributed by atoms with Crippen molar-refractivity contribution in [3.05, 3.63) is 29.8 Å². The number of rotatable bonds is 4. The molecule has 1 aliphatic heterocycles. The van der Waals surface area contributed by atoms with E-state index in [1.54, 1.807) is 6.92 Å². The van der Waals surface area contributed by atoms with Gasteiger partial charge in [0.15, 0.2) is 5.78 Å². The Balaban J connectivity index is 1.93. The van der Waals surface area contributed by atoms with Crippen molar-refractivity contribution in [3.63, 3.8) is 0 Å². The van der Waals surface area contributed by atoms with Crippen LogP contribution in [-0.4, -0.2) is 42.8 Å². The Morgan fingerprint density at radius 1 is 1.05 bits per heavy atom. The van der Waals surface area contributed by atoms with Gasteiger partial charge in [0.2, 0.25) is 5.91 Å². The smallest absolute Gasteiger partial charge is 0.222 e. The maximum absolute atomic E-state index is 11.8. The van der Waals surface area contributed by atoms with E-state index in [-0.39, 0.29) is 11.7 Å². The minimum atomic E-state index is 0.0894. The molecule has 20 heavy (non-hydrogen) atoms. The molecule has 0 N–H and O–H groups in total. The lowest BCUT2D eigenvalue weighted by Crippen LogP contribution is -2.48. The van der Waals surface area contributed by atoms with Gasteiger partial charge in [-0.2, -0.15) is 0 Å². The van der Waals surface area contributed by atoms with Crippen molar-refractivity contribution in [1.29, 1.82) is 0 Å². The average Bonchev–Trinajstić information content (AvgIpc) is 2.48. The molecule has 1 saturated heterocycles. The molecular weight excluding hydrogens is 252 g/mol. The van der Waals surface area contributed by atoms with E-state index in [2.05, 4.69) is 4.90 Å². The van der Waals surface area contributed by atoms with Crippen LogP contribution in [0, 0.1) is 0 Å². The molecule has 0 bridgehead atoms. The van der Waals surface area contributed by atoms with Crippen molar-refractivity contribution < 1.29 is 9.59 Å². The number of hydrogen-bond donors (Lipinski definition) is 0. The summed E-state index contributed by atoms with van der Waals surface area (Å²) in [6.45, 7) is 6.89. The average molecular weight is 274 g/mol. The van der Waals surface area contributed by atoms with E-state index in [1.807, 2.05) is 36.1 Å². The zero-order valence-electron chi connectivity index (χ0n) is 12.3. The Morgan fingerprint density at radius 3 is 2.15 bits per heavy atom. The summed E-state index contributed by atoms with van der Waals surface area (Å²) in [5.41, 5.74) is 1.86. The van der Waals surface area contributed by atoms with Crippen LogP contribution < -0.4 is 4.90 Å². The van der Waals surface area contributed by atoms with Crippen molar-refractivity contribution in [2.45, 2.75) is 26.7 Å². The molecule has 0 aliphatic carbocycles. The van der Waals surface area contributed by atoms with Crippen LogP contribution in [0.15, 0.2) is 24.3 Å². The topological polar surface area (TPSA) is 40.6 Å². The van der Waals surface area contributed by atoms with Crippen LogP contribution in [0.2, 0.25) is 0 Å². The van der Waals surface area contributed by atoms with Gasteiger partial charge in [0.25, 0.3) is 0 Å². The lowest BCUT2D eigenvalue weighted by atomic mass is 10.1. The first-order valence-corrected chi connectivity index (χ1v) is 7.25. The maximum atomic E-state index is 11.8. The molecule has 4 heteroatoms. The first kappa shape index (κ1) is 14.6. The van der Waals surface area contributed by atoms with Gasteiger partial charge in [0, 0.05) is 43.9 Å². The Hall–Kier alpha value is -1.84. The van der Waals surface area contributed by atoms with Gasteiger partial charge in [-0.05, 0) is 37.6 Å². The van der Waals surface area contributed by atoms with Crippen molar-refractivity contribution in [3.8, 4) is 0 Å². The second-order valence-electron chi connectivity index (χ2n) is 5.22. The fraction of sp³-hybridized carbons (Fsp3) is 0.500. The van der Waals surface area contributed by atoms with Gasteiger partial charge in [-0.1, -0.05) is 6.92 Å². The van der Waals surface area contributed by atoms with Crippen LogP contribution in [-0.2, 0) is 4.79 Å². The largest absolute Gasteiger partial charge is 0.368 e. The SMILES string of the molecule is CCCC(=O)N1CCN(c2ccc(C(C)=O)cc2)CC1. The van der Waals surface area contributed by atoms with Crippen LogP contribution in [0.3, 0.4) is 0 Å². The number of carbonyl (C=O) groups excluding carboxylic acids is 2. The number of benzene rings is 1.